The number of aryl methyl sites for hydroxylation is 1. The highest BCUT2D eigenvalue weighted by molar-refractivity contribution is 7.15. The van der Waals surface area contributed by atoms with Gasteiger partial charge in [-0.25, -0.2) is 13.8 Å². The van der Waals surface area contributed by atoms with Crippen LogP contribution in [0.15, 0.2) is 18.2 Å². The largest absolute Gasteiger partial charge is 0.375 e. The maximum Gasteiger partial charge on any atom is 0.180 e. The van der Waals surface area contributed by atoms with Crippen LogP contribution in [0.25, 0.3) is 0 Å². The molecule has 2 N–H and O–H groups in total. The van der Waals surface area contributed by atoms with Gasteiger partial charge in [0.25, 0.3) is 0 Å². The first-order valence-electron chi connectivity index (χ1n) is 5.86. The van der Waals surface area contributed by atoms with E-state index in [9.17, 15) is 8.78 Å². The Balaban J connectivity index is 2.11. The second-order valence-corrected chi connectivity index (χ2v) is 5.51. The molecule has 0 amide bonds. The summed E-state index contributed by atoms with van der Waals surface area (Å²) in [7, 11) is 0. The highest BCUT2D eigenvalue weighted by atomic mass is 32.1. The van der Waals surface area contributed by atoms with Crippen LogP contribution >= 0.6 is 11.3 Å². The van der Waals surface area contributed by atoms with Gasteiger partial charge in [-0.2, -0.15) is 0 Å². The summed E-state index contributed by atoms with van der Waals surface area (Å²) in [4.78, 5) is 5.25. The first kappa shape index (κ1) is 11.6. The second kappa shape index (κ2) is 4.31. The second-order valence-electron chi connectivity index (χ2n) is 4.45. The van der Waals surface area contributed by atoms with E-state index in [1.165, 1.54) is 11.3 Å². The summed E-state index contributed by atoms with van der Waals surface area (Å²) < 4.78 is 27.2. The zero-order valence-corrected chi connectivity index (χ0v) is 10.4. The van der Waals surface area contributed by atoms with Gasteiger partial charge < -0.3 is 5.73 Å². The Kier molecular flexibility index (Phi) is 2.78. The van der Waals surface area contributed by atoms with Gasteiger partial charge in [-0.15, -0.1) is 11.3 Å². The molecule has 1 aliphatic carbocycles. The Morgan fingerprint density at radius 1 is 1.33 bits per heavy atom. The molecule has 1 unspecified atom stereocenters. The molecule has 2 nitrogen and oxygen atoms in total. The van der Waals surface area contributed by atoms with Gasteiger partial charge in [-0.05, 0) is 30.9 Å². The van der Waals surface area contributed by atoms with Crippen LogP contribution < -0.4 is 5.73 Å². The fraction of sp³-hybridized carbons (Fsp3) is 0.308. The van der Waals surface area contributed by atoms with E-state index >= 15 is 0 Å². The maximum atomic E-state index is 13.9. The third-order valence-electron chi connectivity index (χ3n) is 3.32. The number of benzene rings is 1. The van der Waals surface area contributed by atoms with Crippen LogP contribution in [0.2, 0.25) is 0 Å². The molecule has 2 aromatic rings. The Bertz CT molecular complexity index is 595. The van der Waals surface area contributed by atoms with Crippen LogP contribution in [-0.4, -0.2) is 4.98 Å². The van der Waals surface area contributed by atoms with E-state index in [4.69, 9.17) is 5.73 Å². The predicted molar refractivity (Wildman–Crippen MR) is 67.7 cm³/mol. The molecule has 0 aliphatic heterocycles. The minimum absolute atomic E-state index is 0.112. The summed E-state index contributed by atoms with van der Waals surface area (Å²) >= 11 is 1.39. The van der Waals surface area contributed by atoms with Crippen molar-refractivity contribution in [3.8, 4) is 0 Å². The molecule has 0 bridgehead atoms. The van der Waals surface area contributed by atoms with Gasteiger partial charge >= 0.3 is 0 Å². The monoisotopic (exact) mass is 266 g/mol. The molecule has 1 aromatic carbocycles. The van der Waals surface area contributed by atoms with E-state index in [1.54, 1.807) is 12.1 Å². The minimum Gasteiger partial charge on any atom is -0.375 e. The third kappa shape index (κ3) is 1.79. The van der Waals surface area contributed by atoms with Crippen molar-refractivity contribution < 1.29 is 8.78 Å². The average molecular weight is 266 g/mol. The molecule has 5 heteroatoms. The molecule has 1 aromatic heterocycles. The fourth-order valence-corrected chi connectivity index (χ4v) is 3.56. The zero-order chi connectivity index (χ0) is 12.7. The topological polar surface area (TPSA) is 38.9 Å². The molecular formula is C13H12F2N2S. The zero-order valence-electron chi connectivity index (χ0n) is 9.62. The number of hydrogen-bond donors (Lipinski definition) is 1. The van der Waals surface area contributed by atoms with Gasteiger partial charge in [-0.1, -0.05) is 12.1 Å². The first-order chi connectivity index (χ1) is 8.66. The van der Waals surface area contributed by atoms with Gasteiger partial charge in [0, 0.05) is 10.8 Å². The highest BCUT2D eigenvalue weighted by Crippen LogP contribution is 2.41. The lowest BCUT2D eigenvalue weighted by atomic mass is 9.86. The molecule has 1 aliphatic rings. The quantitative estimate of drug-likeness (QED) is 0.858. The molecule has 0 radical (unpaired) electrons. The standard InChI is InChI=1S/C13H12F2N2S/c14-9-5-1-3-7(11(9)15)8-4-2-6-10-12(8)18-13(16)17-10/h1,3,5,8H,2,4,6H2,(H2,16,17). The molecule has 0 saturated heterocycles. The first-order valence-corrected chi connectivity index (χ1v) is 6.67. The number of thiazole rings is 1. The molecule has 0 spiro atoms. The number of anilines is 1. The van der Waals surface area contributed by atoms with Gasteiger partial charge in [0.15, 0.2) is 16.8 Å². The lowest BCUT2D eigenvalue weighted by molar-refractivity contribution is 0.485. The van der Waals surface area contributed by atoms with Gasteiger partial charge in [0.2, 0.25) is 0 Å². The maximum absolute atomic E-state index is 13.9. The summed E-state index contributed by atoms with van der Waals surface area (Å²) in [5.74, 6) is -1.65. The summed E-state index contributed by atoms with van der Waals surface area (Å²) in [5.41, 5.74) is 7.06. The summed E-state index contributed by atoms with van der Waals surface area (Å²) in [6.45, 7) is 0. The number of fused-ring (bicyclic) bond motifs is 1. The number of rotatable bonds is 1. The van der Waals surface area contributed by atoms with Crippen molar-refractivity contribution in [1.82, 2.24) is 4.98 Å². The lowest BCUT2D eigenvalue weighted by Gasteiger charge is -2.22. The third-order valence-corrected chi connectivity index (χ3v) is 4.36. The summed E-state index contributed by atoms with van der Waals surface area (Å²) in [6, 6.07) is 4.34. The normalized spacial score (nSPS) is 18.7. The van der Waals surface area contributed by atoms with Crippen LogP contribution in [0.1, 0.15) is 34.9 Å². The van der Waals surface area contributed by atoms with Crippen molar-refractivity contribution in [2.24, 2.45) is 0 Å². The predicted octanol–water partition coefficient (Wildman–Crippen LogP) is 3.47. The van der Waals surface area contributed by atoms with Crippen LogP contribution in [-0.2, 0) is 6.42 Å². The van der Waals surface area contributed by atoms with E-state index < -0.39 is 11.6 Å². The summed E-state index contributed by atoms with van der Waals surface area (Å²) in [6.07, 6.45) is 2.61. The van der Waals surface area contributed by atoms with Crippen LogP contribution in [0.4, 0.5) is 13.9 Å². The van der Waals surface area contributed by atoms with Crippen molar-refractivity contribution >= 4 is 16.5 Å². The Hall–Kier alpha value is -1.49. The van der Waals surface area contributed by atoms with E-state index in [2.05, 4.69) is 4.98 Å². The van der Waals surface area contributed by atoms with Crippen molar-refractivity contribution in [3.05, 3.63) is 46.0 Å². The summed E-state index contributed by atoms with van der Waals surface area (Å²) in [5, 5.41) is 0.503. The molecule has 0 fully saturated rings. The molecule has 1 heterocycles. The van der Waals surface area contributed by atoms with Crippen LogP contribution in [0.3, 0.4) is 0 Å². The SMILES string of the molecule is Nc1nc2c(s1)C(c1cccc(F)c1F)CCC2. The van der Waals surface area contributed by atoms with Gasteiger partial charge in [-0.3, -0.25) is 0 Å². The number of halogens is 2. The van der Waals surface area contributed by atoms with Crippen molar-refractivity contribution in [3.63, 3.8) is 0 Å². The molecule has 3 rings (SSSR count). The Morgan fingerprint density at radius 2 is 2.17 bits per heavy atom. The Morgan fingerprint density at radius 3 is 3.00 bits per heavy atom. The number of nitrogens with zero attached hydrogens (tertiary/aromatic N) is 1. The number of aromatic nitrogens is 1. The molecule has 0 saturated carbocycles. The lowest BCUT2D eigenvalue weighted by Crippen LogP contribution is -2.11. The van der Waals surface area contributed by atoms with Crippen LogP contribution in [0.5, 0.6) is 0 Å². The molecule has 18 heavy (non-hydrogen) atoms. The van der Waals surface area contributed by atoms with Gasteiger partial charge in [0.1, 0.15) is 0 Å². The number of nitrogens with two attached hydrogens (primary N) is 1. The van der Waals surface area contributed by atoms with Gasteiger partial charge in [0.05, 0.1) is 5.69 Å². The van der Waals surface area contributed by atoms with E-state index in [0.717, 1.165) is 35.9 Å². The number of hydrogen-bond acceptors (Lipinski definition) is 3. The fourth-order valence-electron chi connectivity index (χ4n) is 2.52. The molecular weight excluding hydrogens is 254 g/mol. The minimum atomic E-state index is -0.794. The highest BCUT2D eigenvalue weighted by Gasteiger charge is 2.28. The molecule has 1 atom stereocenters. The van der Waals surface area contributed by atoms with Crippen LogP contribution in [0, 0.1) is 11.6 Å². The Labute approximate surface area is 107 Å². The van der Waals surface area contributed by atoms with E-state index in [-0.39, 0.29) is 5.92 Å². The molecule has 94 valence electrons. The van der Waals surface area contributed by atoms with E-state index in [0.29, 0.717) is 10.7 Å². The average Bonchev–Trinajstić information content (AvgIpc) is 2.73. The van der Waals surface area contributed by atoms with Crippen molar-refractivity contribution in [2.75, 3.05) is 5.73 Å². The smallest absolute Gasteiger partial charge is 0.180 e. The number of nitrogen functional groups attached to an aromatic ring is 1. The van der Waals surface area contributed by atoms with Crippen molar-refractivity contribution in [1.29, 1.82) is 0 Å². The van der Waals surface area contributed by atoms with Crippen molar-refractivity contribution in [2.45, 2.75) is 25.2 Å². The van der Waals surface area contributed by atoms with E-state index in [1.807, 2.05) is 0 Å².